The van der Waals surface area contributed by atoms with Crippen LogP contribution in [0.4, 0.5) is 0 Å². The van der Waals surface area contributed by atoms with Gasteiger partial charge in [0.1, 0.15) is 5.75 Å². The topological polar surface area (TPSA) is 94.5 Å². The summed E-state index contributed by atoms with van der Waals surface area (Å²) in [5.41, 5.74) is 3.18. The normalized spacial score (nSPS) is 11.5. The Hall–Kier alpha value is -4.89. The van der Waals surface area contributed by atoms with Gasteiger partial charge in [0.25, 0.3) is 0 Å². The molecule has 6 aromatic rings. The predicted molar refractivity (Wildman–Crippen MR) is 158 cm³/mol. The zero-order chi connectivity index (χ0) is 27.5. The number of thioether (sulfide) groups is 1. The lowest BCUT2D eigenvalue weighted by Crippen LogP contribution is -2.02. The van der Waals surface area contributed by atoms with E-state index in [2.05, 4.69) is 33.0 Å². The number of nitrogens with zero attached hydrogens (tertiary/aromatic N) is 5. The SMILES string of the molecule is COC(=O)c1cn(CCSc2nnc(-c3cccc4ccccc34)n2/N=C/c2cccc(O)c2)c2ccccc12. The van der Waals surface area contributed by atoms with Gasteiger partial charge in [0.2, 0.25) is 5.16 Å². The molecule has 4 aromatic carbocycles. The molecule has 0 radical (unpaired) electrons. The van der Waals surface area contributed by atoms with Crippen molar-refractivity contribution in [1.29, 1.82) is 0 Å². The monoisotopic (exact) mass is 547 g/mol. The molecule has 0 aliphatic heterocycles. The van der Waals surface area contributed by atoms with Gasteiger partial charge in [-0.15, -0.1) is 10.2 Å². The molecule has 0 atom stereocenters. The minimum atomic E-state index is -0.358. The summed E-state index contributed by atoms with van der Waals surface area (Å²) in [7, 11) is 1.39. The number of aromatic nitrogens is 4. The number of aromatic hydroxyl groups is 1. The number of methoxy groups -OCH3 is 1. The van der Waals surface area contributed by atoms with Gasteiger partial charge in [-0.2, -0.15) is 9.78 Å². The summed E-state index contributed by atoms with van der Waals surface area (Å²) in [4.78, 5) is 12.3. The van der Waals surface area contributed by atoms with Crippen LogP contribution in [-0.4, -0.2) is 49.6 Å². The van der Waals surface area contributed by atoms with E-state index in [0.29, 0.717) is 28.8 Å². The number of carbonyl (C=O) groups is 1. The van der Waals surface area contributed by atoms with E-state index < -0.39 is 0 Å². The summed E-state index contributed by atoms with van der Waals surface area (Å²) in [6.07, 6.45) is 3.52. The van der Waals surface area contributed by atoms with Gasteiger partial charge in [-0.3, -0.25) is 0 Å². The van der Waals surface area contributed by atoms with E-state index in [4.69, 9.17) is 9.84 Å². The van der Waals surface area contributed by atoms with Crippen LogP contribution in [0.5, 0.6) is 5.75 Å². The summed E-state index contributed by atoms with van der Waals surface area (Å²) in [5.74, 6) is 1.09. The summed E-state index contributed by atoms with van der Waals surface area (Å²) >= 11 is 1.52. The summed E-state index contributed by atoms with van der Waals surface area (Å²) in [6, 6.07) is 28.9. The number of aryl methyl sites for hydroxylation is 1. The first-order valence-corrected chi connectivity index (χ1v) is 13.7. The number of rotatable bonds is 8. The maximum absolute atomic E-state index is 12.3. The molecule has 6 rings (SSSR count). The zero-order valence-electron chi connectivity index (χ0n) is 21.6. The third-order valence-corrected chi connectivity index (χ3v) is 7.49. The van der Waals surface area contributed by atoms with Crippen LogP contribution in [0.1, 0.15) is 15.9 Å². The van der Waals surface area contributed by atoms with Crippen molar-refractivity contribution in [3.63, 3.8) is 0 Å². The second-order valence-electron chi connectivity index (χ2n) is 9.08. The number of hydrogen-bond acceptors (Lipinski definition) is 7. The third-order valence-electron chi connectivity index (χ3n) is 6.59. The Morgan fingerprint density at radius 1 is 0.975 bits per heavy atom. The van der Waals surface area contributed by atoms with Crippen molar-refractivity contribution >= 4 is 45.6 Å². The van der Waals surface area contributed by atoms with Gasteiger partial charge in [-0.25, -0.2) is 4.79 Å². The smallest absolute Gasteiger partial charge is 0.340 e. The molecule has 9 heteroatoms. The van der Waals surface area contributed by atoms with E-state index in [1.807, 2.05) is 60.8 Å². The molecule has 0 fully saturated rings. The molecule has 0 aliphatic carbocycles. The van der Waals surface area contributed by atoms with Gasteiger partial charge in [0.15, 0.2) is 5.82 Å². The predicted octanol–water partition coefficient (Wildman–Crippen LogP) is 6.22. The van der Waals surface area contributed by atoms with Crippen LogP contribution < -0.4 is 0 Å². The van der Waals surface area contributed by atoms with Crippen molar-refractivity contribution in [3.05, 3.63) is 108 Å². The first-order valence-electron chi connectivity index (χ1n) is 12.7. The summed E-state index contributed by atoms with van der Waals surface area (Å²) in [6.45, 7) is 0.634. The van der Waals surface area contributed by atoms with Crippen LogP contribution >= 0.6 is 11.8 Å². The highest BCUT2D eigenvalue weighted by Gasteiger charge is 2.18. The fourth-order valence-electron chi connectivity index (χ4n) is 4.72. The lowest BCUT2D eigenvalue weighted by Gasteiger charge is -2.08. The van der Waals surface area contributed by atoms with Crippen molar-refractivity contribution in [3.8, 4) is 17.1 Å². The van der Waals surface area contributed by atoms with Crippen molar-refractivity contribution in [1.82, 2.24) is 19.4 Å². The maximum Gasteiger partial charge on any atom is 0.340 e. The highest BCUT2D eigenvalue weighted by atomic mass is 32.2. The molecule has 1 N–H and O–H groups in total. The third kappa shape index (κ3) is 4.94. The van der Waals surface area contributed by atoms with Crippen molar-refractivity contribution in [2.75, 3.05) is 12.9 Å². The number of ether oxygens (including phenoxy) is 1. The van der Waals surface area contributed by atoms with Gasteiger partial charge in [0, 0.05) is 35.0 Å². The van der Waals surface area contributed by atoms with Crippen LogP contribution in [0.2, 0.25) is 0 Å². The lowest BCUT2D eigenvalue weighted by atomic mass is 10.0. The number of fused-ring (bicyclic) bond motifs is 2. The van der Waals surface area contributed by atoms with Crippen LogP contribution in [0.3, 0.4) is 0 Å². The van der Waals surface area contributed by atoms with Crippen molar-refractivity contribution in [2.24, 2.45) is 5.10 Å². The zero-order valence-corrected chi connectivity index (χ0v) is 22.5. The standard InChI is InChI=1S/C31H25N5O3S/c1-39-30(38)27-20-35(28-15-5-4-13-25(27)28)16-17-40-31-34-33-29(26-14-7-10-22-9-2-3-12-24(22)26)36(31)32-19-21-8-6-11-23(37)18-21/h2-15,18-20,37H,16-17H2,1H3/b32-19+. The number of benzene rings is 4. The Morgan fingerprint density at radius 3 is 2.60 bits per heavy atom. The van der Waals surface area contributed by atoms with Crippen molar-refractivity contribution < 1.29 is 14.6 Å². The fraction of sp³-hybridized carbons (Fsp3) is 0.0968. The molecule has 0 spiro atoms. The van der Waals surface area contributed by atoms with Crippen molar-refractivity contribution in [2.45, 2.75) is 11.7 Å². The molecule has 0 unspecified atom stereocenters. The number of carbonyl (C=O) groups excluding carboxylic acids is 1. The molecule has 2 heterocycles. The highest BCUT2D eigenvalue weighted by molar-refractivity contribution is 7.99. The molecular formula is C31H25N5O3S. The Balaban J connectivity index is 1.34. The Kier molecular flexibility index (Phi) is 7.03. The average molecular weight is 548 g/mol. The molecule has 0 saturated heterocycles. The van der Waals surface area contributed by atoms with Crippen LogP contribution in [0.15, 0.2) is 107 Å². The Morgan fingerprint density at radius 2 is 1.75 bits per heavy atom. The molecule has 0 bridgehead atoms. The number of hydrogen-bond donors (Lipinski definition) is 1. The van der Waals surface area contributed by atoms with Gasteiger partial charge in [-0.05, 0) is 34.5 Å². The van der Waals surface area contributed by atoms with E-state index in [0.717, 1.165) is 32.8 Å². The average Bonchev–Trinajstić information content (AvgIpc) is 3.57. The summed E-state index contributed by atoms with van der Waals surface area (Å²) in [5, 5.41) is 27.3. The molecule has 2 aromatic heterocycles. The maximum atomic E-state index is 12.3. The number of para-hydroxylation sites is 1. The van der Waals surface area contributed by atoms with Crippen LogP contribution in [0.25, 0.3) is 33.1 Å². The molecule has 0 amide bonds. The van der Waals surface area contributed by atoms with Crippen LogP contribution in [0, 0.1) is 0 Å². The van der Waals surface area contributed by atoms with E-state index in [1.54, 1.807) is 29.1 Å². The van der Waals surface area contributed by atoms with Gasteiger partial charge >= 0.3 is 5.97 Å². The second-order valence-corrected chi connectivity index (χ2v) is 10.1. The second kappa shape index (κ2) is 11.1. The quantitative estimate of drug-likeness (QED) is 0.138. The Labute approximate surface area is 234 Å². The first kappa shape index (κ1) is 25.4. The van der Waals surface area contributed by atoms with E-state index >= 15 is 0 Å². The molecule has 8 nitrogen and oxygen atoms in total. The molecule has 40 heavy (non-hydrogen) atoms. The Bertz CT molecular complexity index is 1870. The van der Waals surface area contributed by atoms with Gasteiger partial charge < -0.3 is 14.4 Å². The minimum Gasteiger partial charge on any atom is -0.508 e. The van der Waals surface area contributed by atoms with Gasteiger partial charge in [0.05, 0.1) is 18.9 Å². The van der Waals surface area contributed by atoms with E-state index in [9.17, 15) is 9.90 Å². The molecule has 0 aliphatic rings. The molecule has 0 saturated carbocycles. The van der Waals surface area contributed by atoms with Gasteiger partial charge in [-0.1, -0.05) is 84.6 Å². The highest BCUT2D eigenvalue weighted by Crippen LogP contribution is 2.30. The lowest BCUT2D eigenvalue weighted by molar-refractivity contribution is 0.0602. The summed E-state index contributed by atoms with van der Waals surface area (Å²) < 4.78 is 8.78. The number of esters is 1. The number of phenolic OH excluding ortho intramolecular Hbond substituents is 1. The van der Waals surface area contributed by atoms with E-state index in [-0.39, 0.29) is 11.7 Å². The molecule has 198 valence electrons. The van der Waals surface area contributed by atoms with E-state index in [1.165, 1.54) is 18.9 Å². The fourth-order valence-corrected chi connectivity index (χ4v) is 5.54. The largest absolute Gasteiger partial charge is 0.508 e. The first-order chi connectivity index (χ1) is 19.6. The number of phenols is 1. The molecular weight excluding hydrogens is 522 g/mol. The van der Waals surface area contributed by atoms with Crippen LogP contribution in [-0.2, 0) is 11.3 Å². The minimum absolute atomic E-state index is 0.168.